The third-order valence-corrected chi connectivity index (χ3v) is 2.24. The van der Waals surface area contributed by atoms with E-state index >= 15 is 0 Å². The van der Waals surface area contributed by atoms with Gasteiger partial charge < -0.3 is 10.0 Å². The topological polar surface area (TPSA) is 40.5 Å². The van der Waals surface area contributed by atoms with E-state index in [2.05, 4.69) is 25.1 Å². The van der Waals surface area contributed by atoms with Crippen LogP contribution >= 0.6 is 0 Å². The van der Waals surface area contributed by atoms with Gasteiger partial charge >= 0.3 is 5.97 Å². The predicted octanol–water partition coefficient (Wildman–Crippen LogP) is 1.90. The first kappa shape index (κ1) is 11.7. The molecule has 1 rings (SSSR count). The van der Waals surface area contributed by atoms with E-state index in [1.807, 2.05) is 18.0 Å². The largest absolute Gasteiger partial charge is 0.481 e. The second kappa shape index (κ2) is 5.51. The van der Waals surface area contributed by atoms with E-state index in [9.17, 15) is 4.79 Å². The Hall–Kier alpha value is -1.35. The minimum absolute atomic E-state index is 0.197. The molecule has 82 valence electrons. The molecule has 0 heterocycles. The van der Waals surface area contributed by atoms with Gasteiger partial charge in [-0.05, 0) is 19.5 Å². The van der Waals surface area contributed by atoms with Crippen LogP contribution in [0.3, 0.4) is 0 Å². The van der Waals surface area contributed by atoms with Crippen molar-refractivity contribution in [3.8, 4) is 0 Å². The average Bonchev–Trinajstić information content (AvgIpc) is 2.15. The molecule has 1 N–H and O–H groups in total. The van der Waals surface area contributed by atoms with Gasteiger partial charge in [0.25, 0.3) is 0 Å². The molecule has 0 spiro atoms. The van der Waals surface area contributed by atoms with Crippen LogP contribution in [0.1, 0.15) is 17.5 Å². The van der Waals surface area contributed by atoms with Crippen LogP contribution in [0.4, 0.5) is 0 Å². The predicted molar refractivity (Wildman–Crippen MR) is 59.8 cm³/mol. The van der Waals surface area contributed by atoms with Crippen molar-refractivity contribution in [3.63, 3.8) is 0 Å². The number of carbonyl (C=O) groups is 1. The number of aliphatic carboxylic acids is 1. The van der Waals surface area contributed by atoms with Crippen LogP contribution in [0, 0.1) is 6.92 Å². The Morgan fingerprint density at radius 3 is 2.80 bits per heavy atom. The molecule has 0 fully saturated rings. The van der Waals surface area contributed by atoms with Gasteiger partial charge in [-0.2, -0.15) is 0 Å². The first-order valence-corrected chi connectivity index (χ1v) is 5.04. The molecule has 0 unspecified atom stereocenters. The fourth-order valence-corrected chi connectivity index (χ4v) is 1.49. The minimum atomic E-state index is -0.744. The molecule has 0 aliphatic heterocycles. The van der Waals surface area contributed by atoms with Gasteiger partial charge in [-0.3, -0.25) is 4.79 Å². The summed E-state index contributed by atoms with van der Waals surface area (Å²) in [5.74, 6) is -0.744. The van der Waals surface area contributed by atoms with Crippen LogP contribution < -0.4 is 0 Å². The molecule has 3 nitrogen and oxygen atoms in total. The number of carboxylic acid groups (broad SMARTS) is 1. The van der Waals surface area contributed by atoms with Crippen molar-refractivity contribution in [2.75, 3.05) is 13.6 Å². The molecule has 0 atom stereocenters. The van der Waals surface area contributed by atoms with E-state index in [-0.39, 0.29) is 6.42 Å². The van der Waals surface area contributed by atoms with Crippen molar-refractivity contribution in [3.05, 3.63) is 35.4 Å². The molecule has 0 aliphatic rings. The van der Waals surface area contributed by atoms with Crippen molar-refractivity contribution < 1.29 is 9.90 Å². The number of carboxylic acids is 1. The Kier molecular flexibility index (Phi) is 4.31. The molecule has 0 aliphatic carbocycles. The highest BCUT2D eigenvalue weighted by Crippen LogP contribution is 2.06. The normalized spacial score (nSPS) is 10.6. The SMILES string of the molecule is Cc1cccc(CN(C)CCC(=O)O)c1. The average molecular weight is 207 g/mol. The zero-order valence-corrected chi connectivity index (χ0v) is 9.23. The van der Waals surface area contributed by atoms with Crippen molar-refractivity contribution in [2.24, 2.45) is 0 Å². The Balaban J connectivity index is 2.44. The smallest absolute Gasteiger partial charge is 0.304 e. The van der Waals surface area contributed by atoms with E-state index in [1.54, 1.807) is 0 Å². The number of aryl methyl sites for hydroxylation is 1. The molecular formula is C12H17NO2. The molecule has 0 aromatic heterocycles. The summed E-state index contributed by atoms with van der Waals surface area (Å²) in [6, 6.07) is 8.26. The van der Waals surface area contributed by atoms with Crippen LogP contribution in [-0.2, 0) is 11.3 Å². The van der Waals surface area contributed by atoms with Gasteiger partial charge in [0.05, 0.1) is 6.42 Å². The summed E-state index contributed by atoms with van der Waals surface area (Å²) in [5.41, 5.74) is 2.46. The van der Waals surface area contributed by atoms with Crippen molar-refractivity contribution in [1.29, 1.82) is 0 Å². The maximum atomic E-state index is 10.4. The number of rotatable bonds is 5. The highest BCUT2D eigenvalue weighted by Gasteiger charge is 2.03. The zero-order valence-electron chi connectivity index (χ0n) is 9.23. The number of hydrogen-bond donors (Lipinski definition) is 1. The Labute approximate surface area is 90.3 Å². The molecule has 0 radical (unpaired) electrons. The molecule has 1 aromatic rings. The van der Waals surface area contributed by atoms with Gasteiger partial charge in [0.2, 0.25) is 0 Å². The zero-order chi connectivity index (χ0) is 11.3. The number of nitrogens with zero attached hydrogens (tertiary/aromatic N) is 1. The Morgan fingerprint density at radius 2 is 2.20 bits per heavy atom. The van der Waals surface area contributed by atoms with Crippen LogP contribution in [0.15, 0.2) is 24.3 Å². The molecular weight excluding hydrogens is 190 g/mol. The van der Waals surface area contributed by atoms with E-state index in [0.29, 0.717) is 6.54 Å². The van der Waals surface area contributed by atoms with Crippen molar-refractivity contribution in [2.45, 2.75) is 19.9 Å². The van der Waals surface area contributed by atoms with Crippen LogP contribution in [0.25, 0.3) is 0 Å². The van der Waals surface area contributed by atoms with Crippen LogP contribution in [0.5, 0.6) is 0 Å². The number of benzene rings is 1. The highest BCUT2D eigenvalue weighted by atomic mass is 16.4. The Morgan fingerprint density at radius 1 is 1.47 bits per heavy atom. The van der Waals surface area contributed by atoms with Crippen molar-refractivity contribution in [1.82, 2.24) is 4.90 Å². The van der Waals surface area contributed by atoms with Gasteiger partial charge in [0.1, 0.15) is 0 Å². The summed E-state index contributed by atoms with van der Waals surface area (Å²) in [6.45, 7) is 3.44. The molecule has 3 heteroatoms. The second-order valence-corrected chi connectivity index (χ2v) is 3.87. The van der Waals surface area contributed by atoms with Gasteiger partial charge in [0.15, 0.2) is 0 Å². The van der Waals surface area contributed by atoms with E-state index in [0.717, 1.165) is 6.54 Å². The van der Waals surface area contributed by atoms with Gasteiger partial charge in [0, 0.05) is 13.1 Å². The van der Waals surface area contributed by atoms with Crippen LogP contribution in [0.2, 0.25) is 0 Å². The maximum absolute atomic E-state index is 10.4. The molecule has 0 bridgehead atoms. The second-order valence-electron chi connectivity index (χ2n) is 3.87. The first-order chi connectivity index (χ1) is 7.08. The number of hydrogen-bond acceptors (Lipinski definition) is 2. The summed E-state index contributed by atoms with van der Waals surface area (Å²) in [4.78, 5) is 12.4. The fraction of sp³-hybridized carbons (Fsp3) is 0.417. The summed E-state index contributed by atoms with van der Waals surface area (Å²) in [6.07, 6.45) is 0.197. The lowest BCUT2D eigenvalue weighted by Crippen LogP contribution is -2.21. The third-order valence-electron chi connectivity index (χ3n) is 2.24. The summed E-state index contributed by atoms with van der Waals surface area (Å²) >= 11 is 0. The fourth-order valence-electron chi connectivity index (χ4n) is 1.49. The standard InChI is InChI=1S/C12H17NO2/c1-10-4-3-5-11(8-10)9-13(2)7-6-12(14)15/h3-5,8H,6-7,9H2,1-2H3,(H,14,15). The van der Waals surface area contributed by atoms with Gasteiger partial charge in [-0.15, -0.1) is 0 Å². The maximum Gasteiger partial charge on any atom is 0.304 e. The van der Waals surface area contributed by atoms with Gasteiger partial charge in [-0.1, -0.05) is 29.8 Å². The lowest BCUT2D eigenvalue weighted by molar-refractivity contribution is -0.137. The van der Waals surface area contributed by atoms with Gasteiger partial charge in [-0.25, -0.2) is 0 Å². The molecule has 0 amide bonds. The monoisotopic (exact) mass is 207 g/mol. The molecule has 0 saturated heterocycles. The highest BCUT2D eigenvalue weighted by molar-refractivity contribution is 5.66. The van der Waals surface area contributed by atoms with E-state index in [4.69, 9.17) is 5.11 Å². The quantitative estimate of drug-likeness (QED) is 0.801. The minimum Gasteiger partial charge on any atom is -0.481 e. The van der Waals surface area contributed by atoms with Crippen molar-refractivity contribution >= 4 is 5.97 Å². The van der Waals surface area contributed by atoms with E-state index in [1.165, 1.54) is 11.1 Å². The summed E-state index contributed by atoms with van der Waals surface area (Å²) < 4.78 is 0. The van der Waals surface area contributed by atoms with Crippen LogP contribution in [-0.4, -0.2) is 29.6 Å². The molecule has 0 saturated carbocycles. The van der Waals surface area contributed by atoms with E-state index < -0.39 is 5.97 Å². The third kappa shape index (κ3) is 4.61. The first-order valence-electron chi connectivity index (χ1n) is 5.04. The molecule has 15 heavy (non-hydrogen) atoms. The lowest BCUT2D eigenvalue weighted by Gasteiger charge is -2.15. The lowest BCUT2D eigenvalue weighted by atomic mass is 10.1. The summed E-state index contributed by atoms with van der Waals surface area (Å²) in [7, 11) is 1.94. The molecule has 1 aromatic carbocycles. The summed E-state index contributed by atoms with van der Waals surface area (Å²) in [5, 5.41) is 8.55. The Bertz CT molecular complexity index is 336.